The lowest BCUT2D eigenvalue weighted by atomic mass is 9.73. The van der Waals surface area contributed by atoms with Crippen molar-refractivity contribution in [3.63, 3.8) is 0 Å². The molecule has 0 bridgehead atoms. The van der Waals surface area contributed by atoms with Crippen molar-refractivity contribution in [1.82, 2.24) is 29.9 Å². The molecule has 21 heteroatoms. The predicted molar refractivity (Wildman–Crippen MR) is 198 cm³/mol. The fourth-order valence-corrected chi connectivity index (χ4v) is 8.68. The van der Waals surface area contributed by atoms with Crippen molar-refractivity contribution in [2.24, 2.45) is 13.0 Å². The molecule has 59 heavy (non-hydrogen) atoms. The van der Waals surface area contributed by atoms with Crippen LogP contribution in [0.1, 0.15) is 58.7 Å². The number of pyridine rings is 1. The highest BCUT2D eigenvalue weighted by Crippen LogP contribution is 2.64. The second-order valence-electron chi connectivity index (χ2n) is 14.9. The fourth-order valence-electron chi connectivity index (χ4n) is 7.94. The molecule has 1 aliphatic heterocycles. The summed E-state index contributed by atoms with van der Waals surface area (Å²) >= 11 is 6.57. The van der Waals surface area contributed by atoms with E-state index < -0.39 is 93.1 Å². The van der Waals surface area contributed by atoms with Gasteiger partial charge in [-0.1, -0.05) is 23.6 Å². The molecule has 3 atom stereocenters. The van der Waals surface area contributed by atoms with Crippen LogP contribution >= 0.6 is 11.6 Å². The van der Waals surface area contributed by atoms with E-state index in [-0.39, 0.29) is 70.3 Å². The van der Waals surface area contributed by atoms with Crippen LogP contribution in [0.2, 0.25) is 5.02 Å². The minimum absolute atomic E-state index is 0.0122. The van der Waals surface area contributed by atoms with Crippen LogP contribution in [-0.4, -0.2) is 69.0 Å². The van der Waals surface area contributed by atoms with E-state index in [9.17, 15) is 40.3 Å². The van der Waals surface area contributed by atoms with Crippen LogP contribution in [0.5, 0.6) is 0 Å². The quantitative estimate of drug-likeness (QED) is 0.121. The lowest BCUT2D eigenvalue weighted by Gasteiger charge is -2.34. The van der Waals surface area contributed by atoms with E-state index in [2.05, 4.69) is 37.1 Å². The third-order valence-corrected chi connectivity index (χ3v) is 11.4. The van der Waals surface area contributed by atoms with Gasteiger partial charge in [0.1, 0.15) is 29.6 Å². The van der Waals surface area contributed by atoms with Gasteiger partial charge in [-0.3, -0.25) is 18.9 Å². The average Bonchev–Trinajstić information content (AvgIpc) is 3.67. The van der Waals surface area contributed by atoms with Gasteiger partial charge in [0.25, 0.3) is 5.92 Å². The molecule has 1 amide bonds. The Kier molecular flexibility index (Phi) is 9.76. The van der Waals surface area contributed by atoms with Gasteiger partial charge in [0.15, 0.2) is 17.1 Å². The number of aryl methyl sites for hydroxylation is 1. The zero-order chi connectivity index (χ0) is 42.4. The molecule has 0 spiro atoms. The summed E-state index contributed by atoms with van der Waals surface area (Å²) in [5.74, 6) is -3.93. The number of sulfonamides is 1. The first kappa shape index (κ1) is 40.5. The molecule has 310 valence electrons. The van der Waals surface area contributed by atoms with Gasteiger partial charge < -0.3 is 15.2 Å². The van der Waals surface area contributed by atoms with Crippen molar-refractivity contribution in [2.45, 2.75) is 55.5 Å². The number of alkyl halides is 5. The van der Waals surface area contributed by atoms with Crippen LogP contribution in [0.4, 0.5) is 36.6 Å². The highest BCUT2D eigenvalue weighted by molar-refractivity contribution is 7.92. The van der Waals surface area contributed by atoms with Gasteiger partial charge in [0.2, 0.25) is 15.9 Å². The Labute approximate surface area is 335 Å². The molecule has 1 saturated heterocycles. The van der Waals surface area contributed by atoms with Gasteiger partial charge in [0, 0.05) is 35.7 Å². The van der Waals surface area contributed by atoms with Crippen LogP contribution in [0.3, 0.4) is 0 Å². The number of amides is 1. The molecule has 8 rings (SSSR count). The van der Waals surface area contributed by atoms with Gasteiger partial charge in [0.05, 0.1) is 47.1 Å². The molecule has 5 aromatic rings. The average molecular weight is 866 g/mol. The topological polar surface area (TPSA) is 153 Å². The molecule has 0 radical (unpaired) electrons. The molecule has 4 heterocycles. The lowest BCUT2D eigenvalue weighted by Crippen LogP contribution is -2.48. The molecule has 2 fully saturated rings. The Morgan fingerprint density at radius 1 is 1.08 bits per heavy atom. The second kappa shape index (κ2) is 14.2. The second-order valence-corrected chi connectivity index (χ2v) is 17.0. The summed E-state index contributed by atoms with van der Waals surface area (Å²) in [6.07, 6.45) is -4.51. The van der Waals surface area contributed by atoms with E-state index in [0.29, 0.717) is 16.3 Å². The number of benzene rings is 2. The lowest BCUT2D eigenvalue weighted by molar-refractivity contribution is -0.144. The molecule has 3 aliphatic rings. The predicted octanol–water partition coefficient (Wildman–Crippen LogP) is 5.97. The van der Waals surface area contributed by atoms with Crippen molar-refractivity contribution >= 4 is 44.3 Å². The largest absolute Gasteiger partial charge is 0.435 e. The minimum Gasteiger partial charge on any atom is -0.373 e. The molecular formula is C38H31ClF7N7O5S. The number of aliphatic hydroxyl groups is 1. The first-order valence-corrected chi connectivity index (χ1v) is 20.2. The Balaban J connectivity index is 1.28. The van der Waals surface area contributed by atoms with E-state index in [1.807, 2.05) is 0 Å². The van der Waals surface area contributed by atoms with Gasteiger partial charge in [-0.15, -0.1) is 0 Å². The van der Waals surface area contributed by atoms with Crippen molar-refractivity contribution in [1.29, 1.82) is 0 Å². The van der Waals surface area contributed by atoms with E-state index in [1.54, 1.807) is 6.07 Å². The van der Waals surface area contributed by atoms with E-state index >= 15 is 8.78 Å². The third kappa shape index (κ3) is 7.49. The number of rotatable bonds is 9. The number of carbonyl (C=O) groups excluding carboxylic acids is 1. The summed E-state index contributed by atoms with van der Waals surface area (Å²) in [4.78, 5) is 18.7. The Hall–Kier alpha value is -5.23. The zero-order valence-corrected chi connectivity index (χ0v) is 32.3. The first-order chi connectivity index (χ1) is 27.6. The van der Waals surface area contributed by atoms with Gasteiger partial charge >= 0.3 is 6.18 Å². The fraction of sp³-hybridized carbons (Fsp3) is 0.368. The molecule has 0 unspecified atom stereocenters. The number of fused-ring (bicyclic) bond motifs is 4. The standard InChI is InChI=1S/C38H31ClF7N7O5S/c1-52-32-23(6-8-26(39)30(32)35(50-52)51-59(2,56)57)22-4-3-21(9-10-36(55)16-58-17-36)47-31(22)27(13-18-11-19(40)14-20(41)12-18)48-28(54)15-53-34-29(33(49-53)38(44,45)46)24-5-7-25(24)37(34,42)43/h3-4,6,8,11-12,14,24-25,27,55H,5,7,13,15-17H2,1-2H3,(H,48,54)(H,50,51)/t24-,25+,27-/m0/s1. The van der Waals surface area contributed by atoms with Crippen molar-refractivity contribution in [3.05, 3.63) is 93.0 Å². The van der Waals surface area contributed by atoms with E-state index in [4.69, 9.17) is 16.3 Å². The summed E-state index contributed by atoms with van der Waals surface area (Å²) < 4.78 is 137. The highest BCUT2D eigenvalue weighted by Gasteiger charge is 2.63. The number of ether oxygens (including phenoxy) is 1. The van der Waals surface area contributed by atoms with Gasteiger partial charge in [-0.25, -0.2) is 22.2 Å². The third-order valence-electron chi connectivity index (χ3n) is 10.5. The first-order valence-electron chi connectivity index (χ1n) is 17.9. The van der Waals surface area contributed by atoms with Gasteiger partial charge in [-0.2, -0.15) is 32.1 Å². The summed E-state index contributed by atoms with van der Waals surface area (Å²) in [7, 11) is -2.36. The number of nitrogens with one attached hydrogen (secondary N) is 2. The number of hydrogen-bond donors (Lipinski definition) is 3. The van der Waals surface area contributed by atoms with E-state index in [1.165, 1.54) is 29.9 Å². The molecule has 1 saturated carbocycles. The number of aromatic nitrogens is 5. The molecular weight excluding hydrogens is 835 g/mol. The minimum atomic E-state index is -5.10. The van der Waals surface area contributed by atoms with Crippen LogP contribution in [0.25, 0.3) is 22.0 Å². The number of hydrogen-bond acceptors (Lipinski definition) is 8. The summed E-state index contributed by atoms with van der Waals surface area (Å²) in [6.45, 7) is -1.28. The van der Waals surface area contributed by atoms with Crippen LogP contribution in [0.15, 0.2) is 42.5 Å². The number of halogens is 8. The number of anilines is 1. The normalized spacial score (nSPS) is 19.5. The smallest absolute Gasteiger partial charge is 0.373 e. The van der Waals surface area contributed by atoms with Crippen LogP contribution in [-0.2, 0) is 51.7 Å². The molecule has 2 aliphatic carbocycles. The highest BCUT2D eigenvalue weighted by atomic mass is 35.5. The van der Waals surface area contributed by atoms with Crippen molar-refractivity contribution < 1.29 is 53.8 Å². The van der Waals surface area contributed by atoms with Crippen molar-refractivity contribution in [3.8, 4) is 23.0 Å². The van der Waals surface area contributed by atoms with E-state index in [0.717, 1.165) is 18.4 Å². The molecule has 12 nitrogen and oxygen atoms in total. The maximum Gasteiger partial charge on any atom is 0.435 e. The SMILES string of the molecule is Cn1nc(NS(C)(=O)=O)c2c(Cl)ccc(-c3ccc(C#CC4(O)COC4)nc3[C@H](Cc3cc(F)cc(F)c3)NC(=O)Cn3nc(C(F)(F)F)c4c3C(F)(F)[C@@H]3CC[C@H]43)c21. The molecule has 3 aromatic heterocycles. The maximum absolute atomic E-state index is 15.7. The Morgan fingerprint density at radius 2 is 1.78 bits per heavy atom. The van der Waals surface area contributed by atoms with Crippen molar-refractivity contribution in [2.75, 3.05) is 24.2 Å². The number of carbonyl (C=O) groups is 1. The van der Waals surface area contributed by atoms with Crippen LogP contribution < -0.4 is 10.0 Å². The monoisotopic (exact) mass is 865 g/mol. The van der Waals surface area contributed by atoms with Crippen LogP contribution in [0, 0.1) is 29.4 Å². The Bertz CT molecular complexity index is 2720. The zero-order valence-electron chi connectivity index (χ0n) is 30.8. The summed E-state index contributed by atoms with van der Waals surface area (Å²) in [5, 5.41) is 21.2. The molecule has 3 N–H and O–H groups in total. The maximum atomic E-state index is 15.7. The molecule has 2 aromatic carbocycles. The summed E-state index contributed by atoms with van der Waals surface area (Å²) in [5.41, 5.74) is -3.89. The number of nitrogens with zero attached hydrogens (tertiary/aromatic N) is 5. The van der Waals surface area contributed by atoms with Gasteiger partial charge in [-0.05, 0) is 67.0 Å². The summed E-state index contributed by atoms with van der Waals surface area (Å²) in [6, 6.07) is 7.13. The Morgan fingerprint density at radius 3 is 2.39 bits per heavy atom.